The lowest BCUT2D eigenvalue weighted by Gasteiger charge is -2.27. The van der Waals surface area contributed by atoms with Crippen LogP contribution in [0.5, 0.6) is 0 Å². The van der Waals surface area contributed by atoms with Crippen LogP contribution in [0, 0.1) is 0 Å². The third kappa shape index (κ3) is 4.86. The van der Waals surface area contributed by atoms with Gasteiger partial charge in [-0.25, -0.2) is 0 Å². The second-order valence-corrected chi connectivity index (χ2v) is 6.73. The molecule has 0 N–H and O–H groups in total. The van der Waals surface area contributed by atoms with Gasteiger partial charge in [-0.15, -0.1) is 11.8 Å². The molecule has 0 bridgehead atoms. The van der Waals surface area contributed by atoms with Gasteiger partial charge in [0.05, 0.1) is 0 Å². The van der Waals surface area contributed by atoms with Crippen LogP contribution in [-0.2, 0) is 4.79 Å². The Kier molecular flexibility index (Phi) is 6.44. The van der Waals surface area contributed by atoms with Crippen LogP contribution >= 0.6 is 11.8 Å². The fourth-order valence-electron chi connectivity index (χ4n) is 2.80. The maximum absolute atomic E-state index is 12.3. The van der Waals surface area contributed by atoms with E-state index in [4.69, 9.17) is 0 Å². The first-order valence-corrected chi connectivity index (χ1v) is 8.69. The molecule has 0 atom stereocenters. The maximum Gasteiger partial charge on any atom is 0.223 e. The lowest BCUT2D eigenvalue weighted by atomic mass is 10.1. The number of carbonyl (C=O) groups excluding carboxylic acids is 1. The molecule has 110 valence electrons. The topological polar surface area (TPSA) is 20.3 Å². The van der Waals surface area contributed by atoms with Gasteiger partial charge in [-0.2, -0.15) is 0 Å². The number of amides is 1. The molecule has 0 radical (unpaired) electrons. The van der Waals surface area contributed by atoms with Crippen molar-refractivity contribution in [3.8, 4) is 0 Å². The Morgan fingerprint density at radius 1 is 1.15 bits per heavy atom. The van der Waals surface area contributed by atoms with Gasteiger partial charge in [0.25, 0.3) is 0 Å². The number of hydrogen-bond donors (Lipinski definition) is 0. The second-order valence-electron chi connectivity index (χ2n) is 5.56. The van der Waals surface area contributed by atoms with Crippen LogP contribution in [0.25, 0.3) is 0 Å². The van der Waals surface area contributed by atoms with E-state index < -0.39 is 0 Å². The summed E-state index contributed by atoms with van der Waals surface area (Å²) >= 11 is 1.77. The van der Waals surface area contributed by atoms with Crippen molar-refractivity contribution in [3.63, 3.8) is 0 Å². The van der Waals surface area contributed by atoms with Gasteiger partial charge >= 0.3 is 0 Å². The van der Waals surface area contributed by atoms with Gasteiger partial charge in [-0.05, 0) is 25.0 Å². The molecule has 0 saturated heterocycles. The Hall–Kier alpha value is -0.960. The second kappa shape index (κ2) is 8.35. The molecular formula is C17H25NOS. The van der Waals surface area contributed by atoms with Crippen LogP contribution in [-0.4, -0.2) is 29.6 Å². The summed E-state index contributed by atoms with van der Waals surface area (Å²) in [5.74, 6) is 1.18. The van der Waals surface area contributed by atoms with Crippen molar-refractivity contribution < 1.29 is 4.79 Å². The zero-order valence-electron chi connectivity index (χ0n) is 12.4. The third-order valence-corrected chi connectivity index (χ3v) is 5.11. The van der Waals surface area contributed by atoms with Crippen LogP contribution < -0.4 is 0 Å². The van der Waals surface area contributed by atoms with Crippen molar-refractivity contribution in [1.82, 2.24) is 4.90 Å². The van der Waals surface area contributed by atoms with Crippen LogP contribution in [0.3, 0.4) is 0 Å². The molecule has 0 spiro atoms. The SMILES string of the molecule is CN(C(=O)CCSc1ccccc1)C1CCCCCC1. The standard InChI is InChI=1S/C17H25NOS/c1-18(15-9-5-2-3-6-10-15)17(19)13-14-20-16-11-7-4-8-12-16/h4,7-8,11-12,15H,2-3,5-6,9-10,13-14H2,1H3. The van der Waals surface area contributed by atoms with Gasteiger partial charge in [0.15, 0.2) is 0 Å². The summed E-state index contributed by atoms with van der Waals surface area (Å²) < 4.78 is 0. The molecule has 1 amide bonds. The molecule has 0 heterocycles. The summed E-state index contributed by atoms with van der Waals surface area (Å²) in [7, 11) is 1.99. The first-order valence-electron chi connectivity index (χ1n) is 7.71. The number of benzene rings is 1. The maximum atomic E-state index is 12.3. The highest BCUT2D eigenvalue weighted by molar-refractivity contribution is 7.99. The van der Waals surface area contributed by atoms with Crippen LogP contribution in [0.15, 0.2) is 35.2 Å². The Bertz CT molecular complexity index is 399. The molecular weight excluding hydrogens is 266 g/mol. The Labute approximate surface area is 126 Å². The molecule has 0 unspecified atom stereocenters. The van der Waals surface area contributed by atoms with Gasteiger partial charge in [0, 0.05) is 30.2 Å². The van der Waals surface area contributed by atoms with E-state index >= 15 is 0 Å². The predicted octanol–water partition coefficient (Wildman–Crippen LogP) is 4.35. The van der Waals surface area contributed by atoms with Crippen molar-refractivity contribution in [3.05, 3.63) is 30.3 Å². The van der Waals surface area contributed by atoms with E-state index in [0.29, 0.717) is 18.4 Å². The van der Waals surface area contributed by atoms with E-state index in [9.17, 15) is 4.79 Å². The minimum atomic E-state index is 0.306. The molecule has 0 aliphatic heterocycles. The Morgan fingerprint density at radius 2 is 1.80 bits per heavy atom. The Balaban J connectivity index is 1.73. The average Bonchev–Trinajstić information content (AvgIpc) is 2.76. The number of nitrogens with zero attached hydrogens (tertiary/aromatic N) is 1. The smallest absolute Gasteiger partial charge is 0.223 e. The van der Waals surface area contributed by atoms with Crippen LogP contribution in [0.1, 0.15) is 44.9 Å². The highest BCUT2D eigenvalue weighted by Crippen LogP contribution is 2.22. The minimum absolute atomic E-state index is 0.306. The molecule has 1 aromatic rings. The van der Waals surface area contributed by atoms with Crippen molar-refractivity contribution in [2.24, 2.45) is 0 Å². The number of hydrogen-bond acceptors (Lipinski definition) is 2. The Morgan fingerprint density at radius 3 is 2.45 bits per heavy atom. The summed E-state index contributed by atoms with van der Waals surface area (Å²) in [6, 6.07) is 10.8. The van der Waals surface area contributed by atoms with Crippen molar-refractivity contribution >= 4 is 17.7 Å². The zero-order valence-corrected chi connectivity index (χ0v) is 13.2. The summed E-state index contributed by atoms with van der Waals surface area (Å²) in [6.45, 7) is 0. The van der Waals surface area contributed by atoms with Crippen LogP contribution in [0.2, 0.25) is 0 Å². The lowest BCUT2D eigenvalue weighted by molar-refractivity contribution is -0.131. The van der Waals surface area contributed by atoms with E-state index in [1.165, 1.54) is 43.4 Å². The third-order valence-electron chi connectivity index (χ3n) is 4.09. The average molecular weight is 291 g/mol. The number of rotatable bonds is 5. The van der Waals surface area contributed by atoms with E-state index in [1.54, 1.807) is 11.8 Å². The molecule has 20 heavy (non-hydrogen) atoms. The van der Waals surface area contributed by atoms with Gasteiger partial charge in [0.1, 0.15) is 0 Å². The van der Waals surface area contributed by atoms with E-state index in [1.807, 2.05) is 30.1 Å². The molecule has 1 saturated carbocycles. The summed E-state index contributed by atoms with van der Waals surface area (Å²) in [4.78, 5) is 15.5. The first-order chi connectivity index (χ1) is 9.77. The summed E-state index contributed by atoms with van der Waals surface area (Å²) in [5, 5.41) is 0. The van der Waals surface area contributed by atoms with Crippen LogP contribution in [0.4, 0.5) is 0 Å². The van der Waals surface area contributed by atoms with Gasteiger partial charge in [-0.3, -0.25) is 4.79 Å². The molecule has 2 rings (SSSR count). The molecule has 1 fully saturated rings. The van der Waals surface area contributed by atoms with E-state index in [2.05, 4.69) is 12.1 Å². The predicted molar refractivity (Wildman–Crippen MR) is 86.0 cm³/mol. The highest BCUT2D eigenvalue weighted by atomic mass is 32.2. The van der Waals surface area contributed by atoms with Gasteiger partial charge in [0.2, 0.25) is 5.91 Å². The quantitative estimate of drug-likeness (QED) is 0.594. The first kappa shape index (κ1) is 15.4. The minimum Gasteiger partial charge on any atom is -0.343 e. The molecule has 0 aromatic heterocycles. The fraction of sp³-hybridized carbons (Fsp3) is 0.588. The molecule has 1 aliphatic rings. The monoisotopic (exact) mass is 291 g/mol. The number of thioether (sulfide) groups is 1. The highest BCUT2D eigenvalue weighted by Gasteiger charge is 2.20. The van der Waals surface area contributed by atoms with Crippen molar-refractivity contribution in [2.45, 2.75) is 55.9 Å². The largest absolute Gasteiger partial charge is 0.343 e. The zero-order chi connectivity index (χ0) is 14.2. The van der Waals surface area contributed by atoms with Crippen molar-refractivity contribution in [1.29, 1.82) is 0 Å². The van der Waals surface area contributed by atoms with Gasteiger partial charge < -0.3 is 4.90 Å². The molecule has 1 aliphatic carbocycles. The lowest BCUT2D eigenvalue weighted by Crippen LogP contribution is -2.36. The molecule has 2 nitrogen and oxygen atoms in total. The van der Waals surface area contributed by atoms with E-state index in [0.717, 1.165) is 5.75 Å². The normalized spacial score (nSPS) is 16.6. The molecule has 1 aromatic carbocycles. The van der Waals surface area contributed by atoms with E-state index in [-0.39, 0.29) is 0 Å². The summed E-state index contributed by atoms with van der Waals surface area (Å²) in [6.07, 6.45) is 8.25. The van der Waals surface area contributed by atoms with Gasteiger partial charge in [-0.1, -0.05) is 43.9 Å². The summed E-state index contributed by atoms with van der Waals surface area (Å²) in [5.41, 5.74) is 0. The van der Waals surface area contributed by atoms with Crippen molar-refractivity contribution in [2.75, 3.05) is 12.8 Å². The number of carbonyl (C=O) groups is 1. The molecule has 3 heteroatoms. The fourth-order valence-corrected chi connectivity index (χ4v) is 3.66.